The molecule has 0 aromatic heterocycles. The predicted molar refractivity (Wildman–Crippen MR) is 68.6 cm³/mol. The maximum atomic E-state index is 11.9. The van der Waals surface area contributed by atoms with E-state index in [-0.39, 0.29) is 5.91 Å². The van der Waals surface area contributed by atoms with Gasteiger partial charge in [-0.1, -0.05) is 25.5 Å². The lowest BCUT2D eigenvalue weighted by molar-refractivity contribution is -0.118. The average molecular weight is 230 g/mol. The van der Waals surface area contributed by atoms with Crippen molar-refractivity contribution in [1.29, 1.82) is 5.26 Å². The van der Waals surface area contributed by atoms with Gasteiger partial charge in [0.05, 0.1) is 6.07 Å². The second-order valence-corrected chi connectivity index (χ2v) is 4.28. The molecule has 1 amide bonds. The summed E-state index contributed by atoms with van der Waals surface area (Å²) in [6.07, 6.45) is 1.44. The summed E-state index contributed by atoms with van der Waals surface area (Å²) >= 11 is 0. The molecule has 0 heterocycles. The highest BCUT2D eigenvalue weighted by atomic mass is 16.1. The standard InChI is InChI=1S/C14H18N2O/c1-4-5-12(9-15)14(17)16-13-8-10(2)6-7-11(13)3/h6-8,12H,4-5H2,1-3H3,(H,16,17). The van der Waals surface area contributed by atoms with Crippen molar-refractivity contribution < 1.29 is 4.79 Å². The zero-order chi connectivity index (χ0) is 12.8. The molecule has 0 aliphatic rings. The summed E-state index contributed by atoms with van der Waals surface area (Å²) in [5.41, 5.74) is 2.90. The number of carbonyl (C=O) groups is 1. The quantitative estimate of drug-likeness (QED) is 0.863. The van der Waals surface area contributed by atoms with Crippen LogP contribution in [0.2, 0.25) is 0 Å². The Morgan fingerprint density at radius 1 is 1.47 bits per heavy atom. The third kappa shape index (κ3) is 3.60. The molecule has 3 nitrogen and oxygen atoms in total. The summed E-state index contributed by atoms with van der Waals surface area (Å²) in [5, 5.41) is 11.7. The molecule has 0 aliphatic heterocycles. The molecule has 1 aromatic carbocycles. The fraction of sp³-hybridized carbons (Fsp3) is 0.429. The minimum absolute atomic E-state index is 0.206. The Hall–Kier alpha value is -1.82. The number of anilines is 1. The molecule has 17 heavy (non-hydrogen) atoms. The van der Waals surface area contributed by atoms with E-state index < -0.39 is 5.92 Å². The molecule has 3 heteroatoms. The van der Waals surface area contributed by atoms with Crippen LogP contribution in [0.4, 0.5) is 5.69 Å². The van der Waals surface area contributed by atoms with E-state index in [9.17, 15) is 4.79 Å². The van der Waals surface area contributed by atoms with Crippen LogP contribution in [0.5, 0.6) is 0 Å². The van der Waals surface area contributed by atoms with Crippen LogP contribution in [-0.2, 0) is 4.79 Å². The van der Waals surface area contributed by atoms with E-state index in [4.69, 9.17) is 5.26 Å². The van der Waals surface area contributed by atoms with E-state index in [0.717, 1.165) is 23.2 Å². The Labute approximate surface area is 102 Å². The third-order valence-electron chi connectivity index (χ3n) is 2.70. The normalized spacial score (nSPS) is 11.6. The molecule has 0 radical (unpaired) electrons. The molecule has 1 rings (SSSR count). The number of amides is 1. The van der Waals surface area contributed by atoms with Gasteiger partial charge in [0, 0.05) is 5.69 Å². The van der Waals surface area contributed by atoms with Gasteiger partial charge in [0.25, 0.3) is 0 Å². The van der Waals surface area contributed by atoms with Crippen LogP contribution in [0.15, 0.2) is 18.2 Å². The number of hydrogen-bond donors (Lipinski definition) is 1. The minimum Gasteiger partial charge on any atom is -0.325 e. The van der Waals surface area contributed by atoms with Gasteiger partial charge in [-0.25, -0.2) is 0 Å². The molecule has 90 valence electrons. The fourth-order valence-electron chi connectivity index (χ4n) is 1.63. The molecule has 0 saturated carbocycles. The first-order chi connectivity index (χ1) is 8.08. The molecule has 1 N–H and O–H groups in total. The predicted octanol–water partition coefficient (Wildman–Crippen LogP) is 3.18. The molecule has 0 fully saturated rings. The Bertz CT molecular complexity index is 446. The number of nitrogens with zero attached hydrogens (tertiary/aromatic N) is 1. The number of benzene rings is 1. The topological polar surface area (TPSA) is 52.9 Å². The van der Waals surface area contributed by atoms with Crippen molar-refractivity contribution in [2.24, 2.45) is 5.92 Å². The molecule has 1 unspecified atom stereocenters. The van der Waals surface area contributed by atoms with Crippen molar-refractivity contribution in [1.82, 2.24) is 0 Å². The first-order valence-electron chi connectivity index (χ1n) is 5.86. The van der Waals surface area contributed by atoms with Crippen molar-refractivity contribution >= 4 is 11.6 Å². The van der Waals surface area contributed by atoms with Crippen molar-refractivity contribution in [3.05, 3.63) is 29.3 Å². The van der Waals surface area contributed by atoms with Crippen LogP contribution in [0, 0.1) is 31.1 Å². The van der Waals surface area contributed by atoms with Crippen LogP contribution < -0.4 is 5.32 Å². The second-order valence-electron chi connectivity index (χ2n) is 4.28. The molecule has 1 atom stereocenters. The Kier molecular flexibility index (Phi) is 4.71. The summed E-state index contributed by atoms with van der Waals surface area (Å²) in [5.74, 6) is -0.761. The summed E-state index contributed by atoms with van der Waals surface area (Å²) in [7, 11) is 0. The molecule has 0 spiro atoms. The number of hydrogen-bond acceptors (Lipinski definition) is 2. The summed E-state index contributed by atoms with van der Waals surface area (Å²) in [6.45, 7) is 5.88. The fourth-order valence-corrected chi connectivity index (χ4v) is 1.63. The van der Waals surface area contributed by atoms with Crippen LogP contribution in [0.3, 0.4) is 0 Å². The van der Waals surface area contributed by atoms with Gasteiger partial charge in [-0.2, -0.15) is 5.26 Å². The number of aryl methyl sites for hydroxylation is 2. The van der Waals surface area contributed by atoms with E-state index >= 15 is 0 Å². The van der Waals surface area contributed by atoms with Crippen LogP contribution >= 0.6 is 0 Å². The zero-order valence-corrected chi connectivity index (χ0v) is 10.6. The smallest absolute Gasteiger partial charge is 0.241 e. The largest absolute Gasteiger partial charge is 0.325 e. The summed E-state index contributed by atoms with van der Waals surface area (Å²) in [6, 6.07) is 7.93. The lowest BCUT2D eigenvalue weighted by Crippen LogP contribution is -2.21. The van der Waals surface area contributed by atoms with Crippen molar-refractivity contribution in [2.45, 2.75) is 33.6 Å². The van der Waals surface area contributed by atoms with Gasteiger partial charge in [0.2, 0.25) is 5.91 Å². The number of rotatable bonds is 4. The highest BCUT2D eigenvalue weighted by Crippen LogP contribution is 2.18. The van der Waals surface area contributed by atoms with Crippen LogP contribution in [-0.4, -0.2) is 5.91 Å². The van der Waals surface area contributed by atoms with Gasteiger partial charge in [-0.15, -0.1) is 0 Å². The van der Waals surface area contributed by atoms with E-state index in [1.165, 1.54) is 0 Å². The monoisotopic (exact) mass is 230 g/mol. The molecule has 0 saturated heterocycles. The Morgan fingerprint density at radius 2 is 2.18 bits per heavy atom. The SMILES string of the molecule is CCCC(C#N)C(=O)Nc1cc(C)ccc1C. The Balaban J connectivity index is 2.80. The lowest BCUT2D eigenvalue weighted by atomic mass is 10.0. The molecule has 0 aliphatic carbocycles. The van der Waals surface area contributed by atoms with Crippen molar-refractivity contribution in [3.8, 4) is 6.07 Å². The van der Waals surface area contributed by atoms with Gasteiger partial charge in [-0.05, 0) is 37.5 Å². The highest BCUT2D eigenvalue weighted by Gasteiger charge is 2.17. The maximum Gasteiger partial charge on any atom is 0.241 e. The van der Waals surface area contributed by atoms with Crippen LogP contribution in [0.1, 0.15) is 30.9 Å². The van der Waals surface area contributed by atoms with Gasteiger partial charge in [-0.3, -0.25) is 4.79 Å². The van der Waals surface area contributed by atoms with E-state index in [2.05, 4.69) is 5.32 Å². The van der Waals surface area contributed by atoms with E-state index in [0.29, 0.717) is 6.42 Å². The average Bonchev–Trinajstić information content (AvgIpc) is 2.30. The molecule has 0 bridgehead atoms. The second kappa shape index (κ2) is 6.05. The van der Waals surface area contributed by atoms with E-state index in [1.807, 2.05) is 45.0 Å². The lowest BCUT2D eigenvalue weighted by Gasteiger charge is -2.12. The van der Waals surface area contributed by atoms with Gasteiger partial charge < -0.3 is 5.32 Å². The summed E-state index contributed by atoms with van der Waals surface area (Å²) < 4.78 is 0. The first kappa shape index (κ1) is 13.2. The van der Waals surface area contributed by atoms with E-state index in [1.54, 1.807) is 0 Å². The molecule has 1 aromatic rings. The van der Waals surface area contributed by atoms with Crippen LogP contribution in [0.25, 0.3) is 0 Å². The van der Waals surface area contributed by atoms with Crippen molar-refractivity contribution in [2.75, 3.05) is 5.32 Å². The summed E-state index contributed by atoms with van der Waals surface area (Å²) in [4.78, 5) is 11.9. The van der Waals surface area contributed by atoms with Crippen molar-refractivity contribution in [3.63, 3.8) is 0 Å². The zero-order valence-electron chi connectivity index (χ0n) is 10.6. The highest BCUT2D eigenvalue weighted by molar-refractivity contribution is 5.94. The number of carbonyl (C=O) groups excluding carboxylic acids is 1. The third-order valence-corrected chi connectivity index (χ3v) is 2.70. The first-order valence-corrected chi connectivity index (χ1v) is 5.86. The molecular weight excluding hydrogens is 212 g/mol. The van der Waals surface area contributed by atoms with Gasteiger partial charge in [0.1, 0.15) is 5.92 Å². The Morgan fingerprint density at radius 3 is 2.76 bits per heavy atom. The minimum atomic E-state index is -0.556. The number of nitrogens with one attached hydrogen (secondary N) is 1. The number of nitriles is 1. The maximum absolute atomic E-state index is 11.9. The van der Waals surface area contributed by atoms with Gasteiger partial charge >= 0.3 is 0 Å². The molecular formula is C14H18N2O. The van der Waals surface area contributed by atoms with Gasteiger partial charge in [0.15, 0.2) is 0 Å².